The molecule has 2 aromatic rings. The number of hydrogen-bond acceptors (Lipinski definition) is 4. The molecule has 1 N–H and O–H groups in total. The number of aromatic nitrogens is 2. The van der Waals surface area contributed by atoms with Gasteiger partial charge in [-0.25, -0.2) is 14.8 Å². The average molecular weight is 311 g/mol. The Kier molecular flexibility index (Phi) is 4.06. The number of carbonyl (C=O) groups excluding carboxylic acids is 1. The van der Waals surface area contributed by atoms with E-state index in [-0.39, 0.29) is 5.91 Å². The molecule has 3 rings (SSSR count). The Hall–Kier alpha value is -2.76. The predicted octanol–water partition coefficient (Wildman–Crippen LogP) is 2.14. The van der Waals surface area contributed by atoms with Gasteiger partial charge in [-0.3, -0.25) is 4.79 Å². The smallest absolute Gasteiger partial charge is 0.326 e. The number of amides is 1. The maximum Gasteiger partial charge on any atom is 0.326 e. The second-order valence-corrected chi connectivity index (χ2v) is 5.55. The molecule has 1 saturated heterocycles. The molecule has 1 aliphatic rings. The van der Waals surface area contributed by atoms with E-state index < -0.39 is 12.0 Å². The molecule has 1 aromatic carbocycles. The van der Waals surface area contributed by atoms with E-state index in [1.54, 1.807) is 6.92 Å². The maximum atomic E-state index is 12.6. The van der Waals surface area contributed by atoms with Crippen molar-refractivity contribution < 1.29 is 14.7 Å². The van der Waals surface area contributed by atoms with Crippen LogP contribution < -0.4 is 0 Å². The van der Waals surface area contributed by atoms with Gasteiger partial charge in [0.2, 0.25) is 0 Å². The van der Waals surface area contributed by atoms with Gasteiger partial charge in [0.1, 0.15) is 6.04 Å². The molecule has 1 atom stereocenters. The van der Waals surface area contributed by atoms with E-state index in [1.165, 1.54) is 11.1 Å². The number of likely N-dealkylation sites (tertiary alicyclic amines) is 1. The number of nitrogens with zero attached hydrogens (tertiary/aromatic N) is 3. The van der Waals surface area contributed by atoms with Gasteiger partial charge in [-0.1, -0.05) is 30.3 Å². The van der Waals surface area contributed by atoms with Crippen molar-refractivity contribution in [2.45, 2.75) is 25.8 Å². The molecule has 0 bridgehead atoms. The summed E-state index contributed by atoms with van der Waals surface area (Å²) in [6.07, 6.45) is 2.68. The van der Waals surface area contributed by atoms with Gasteiger partial charge in [0, 0.05) is 18.3 Å². The Morgan fingerprint density at radius 2 is 2.00 bits per heavy atom. The third-order valence-corrected chi connectivity index (χ3v) is 4.04. The summed E-state index contributed by atoms with van der Waals surface area (Å²) in [5, 5.41) is 9.22. The number of rotatable bonds is 3. The molecule has 1 amide bonds. The molecule has 0 saturated carbocycles. The zero-order valence-electron chi connectivity index (χ0n) is 12.8. The highest BCUT2D eigenvalue weighted by atomic mass is 16.4. The van der Waals surface area contributed by atoms with Crippen molar-refractivity contribution in [2.24, 2.45) is 0 Å². The van der Waals surface area contributed by atoms with Crippen molar-refractivity contribution in [1.29, 1.82) is 0 Å². The second-order valence-electron chi connectivity index (χ2n) is 5.55. The molecule has 23 heavy (non-hydrogen) atoms. The monoisotopic (exact) mass is 311 g/mol. The highest BCUT2D eigenvalue weighted by Crippen LogP contribution is 2.22. The lowest BCUT2D eigenvalue weighted by Crippen LogP contribution is -2.40. The minimum atomic E-state index is -0.963. The molecule has 6 heteroatoms. The summed E-state index contributed by atoms with van der Waals surface area (Å²) in [5.74, 6) is -0.724. The fourth-order valence-electron chi connectivity index (χ4n) is 2.82. The fraction of sp³-hybridized carbons (Fsp3) is 0.294. The molecule has 0 radical (unpaired) electrons. The first-order chi connectivity index (χ1) is 11.1. The van der Waals surface area contributed by atoms with Crippen LogP contribution >= 0.6 is 0 Å². The number of carboxylic acids is 1. The molecule has 0 aliphatic carbocycles. The van der Waals surface area contributed by atoms with Crippen molar-refractivity contribution >= 4 is 11.9 Å². The van der Waals surface area contributed by atoms with Gasteiger partial charge >= 0.3 is 5.97 Å². The summed E-state index contributed by atoms with van der Waals surface area (Å²) in [7, 11) is 0. The SMILES string of the molecule is Cc1nc(-c2ccccc2)ncc1C(=O)N1CCCC1C(=O)O. The molecule has 1 unspecified atom stereocenters. The van der Waals surface area contributed by atoms with Crippen LogP contribution in [0, 0.1) is 6.92 Å². The first kappa shape index (κ1) is 15.1. The minimum absolute atomic E-state index is 0.313. The van der Waals surface area contributed by atoms with Crippen LogP contribution in [0.5, 0.6) is 0 Å². The lowest BCUT2D eigenvalue weighted by atomic mass is 10.1. The molecule has 0 spiro atoms. The fourth-order valence-corrected chi connectivity index (χ4v) is 2.82. The minimum Gasteiger partial charge on any atom is -0.480 e. The third-order valence-electron chi connectivity index (χ3n) is 4.04. The Balaban J connectivity index is 1.89. The van der Waals surface area contributed by atoms with Crippen LogP contribution in [0.2, 0.25) is 0 Å². The molecule has 1 aromatic heterocycles. The van der Waals surface area contributed by atoms with Crippen LogP contribution in [0.15, 0.2) is 36.5 Å². The van der Waals surface area contributed by atoms with E-state index in [0.29, 0.717) is 36.5 Å². The zero-order valence-corrected chi connectivity index (χ0v) is 12.8. The van der Waals surface area contributed by atoms with Gasteiger partial charge in [0.25, 0.3) is 5.91 Å². The zero-order chi connectivity index (χ0) is 16.4. The largest absolute Gasteiger partial charge is 0.480 e. The van der Waals surface area contributed by atoms with Crippen molar-refractivity contribution in [3.05, 3.63) is 47.8 Å². The number of aliphatic carboxylic acids is 1. The molecule has 1 aliphatic heterocycles. The summed E-state index contributed by atoms with van der Waals surface area (Å²) in [6, 6.07) is 8.75. The van der Waals surface area contributed by atoms with Crippen LogP contribution in [-0.4, -0.2) is 44.4 Å². The van der Waals surface area contributed by atoms with Crippen LogP contribution in [0.3, 0.4) is 0 Å². The Morgan fingerprint density at radius 1 is 1.26 bits per heavy atom. The van der Waals surface area contributed by atoms with E-state index in [0.717, 1.165) is 5.56 Å². The van der Waals surface area contributed by atoms with E-state index in [9.17, 15) is 14.7 Å². The van der Waals surface area contributed by atoms with Crippen LogP contribution in [0.4, 0.5) is 0 Å². The van der Waals surface area contributed by atoms with Gasteiger partial charge in [-0.15, -0.1) is 0 Å². The molecule has 6 nitrogen and oxygen atoms in total. The van der Waals surface area contributed by atoms with E-state index in [4.69, 9.17) is 0 Å². The van der Waals surface area contributed by atoms with E-state index >= 15 is 0 Å². The topological polar surface area (TPSA) is 83.4 Å². The summed E-state index contributed by atoms with van der Waals surface area (Å²) >= 11 is 0. The van der Waals surface area contributed by atoms with Gasteiger partial charge in [0.05, 0.1) is 11.3 Å². The normalized spacial score (nSPS) is 17.3. The second kappa shape index (κ2) is 6.16. The van der Waals surface area contributed by atoms with Crippen LogP contribution in [-0.2, 0) is 4.79 Å². The summed E-state index contributed by atoms with van der Waals surface area (Å²) in [5.41, 5.74) is 1.79. The molecule has 1 fully saturated rings. The number of benzene rings is 1. The molecular formula is C17H17N3O3. The number of hydrogen-bond donors (Lipinski definition) is 1. The lowest BCUT2D eigenvalue weighted by Gasteiger charge is -2.22. The quantitative estimate of drug-likeness (QED) is 0.939. The summed E-state index contributed by atoms with van der Waals surface area (Å²) in [6.45, 7) is 2.20. The van der Waals surface area contributed by atoms with Crippen LogP contribution in [0.25, 0.3) is 11.4 Å². The van der Waals surface area contributed by atoms with Crippen molar-refractivity contribution in [2.75, 3.05) is 6.54 Å². The average Bonchev–Trinajstić information content (AvgIpc) is 3.05. The highest BCUT2D eigenvalue weighted by molar-refractivity contribution is 5.97. The van der Waals surface area contributed by atoms with E-state index in [2.05, 4.69) is 9.97 Å². The Bertz CT molecular complexity index is 746. The van der Waals surface area contributed by atoms with Crippen molar-refractivity contribution in [3.63, 3.8) is 0 Å². The summed E-state index contributed by atoms with van der Waals surface area (Å²) in [4.78, 5) is 33.9. The van der Waals surface area contributed by atoms with Crippen LogP contribution in [0.1, 0.15) is 28.9 Å². The van der Waals surface area contributed by atoms with Crippen molar-refractivity contribution in [3.8, 4) is 11.4 Å². The Labute approximate surface area is 133 Å². The van der Waals surface area contributed by atoms with Crippen molar-refractivity contribution in [1.82, 2.24) is 14.9 Å². The molecule has 118 valence electrons. The third kappa shape index (κ3) is 2.92. The van der Waals surface area contributed by atoms with Gasteiger partial charge < -0.3 is 10.0 Å². The first-order valence-electron chi connectivity index (χ1n) is 7.51. The van der Waals surface area contributed by atoms with E-state index in [1.807, 2.05) is 30.3 Å². The molecule has 2 heterocycles. The first-order valence-corrected chi connectivity index (χ1v) is 7.51. The van der Waals surface area contributed by atoms with Gasteiger partial charge in [0.15, 0.2) is 5.82 Å². The predicted molar refractivity (Wildman–Crippen MR) is 83.9 cm³/mol. The molecular weight excluding hydrogens is 294 g/mol. The highest BCUT2D eigenvalue weighted by Gasteiger charge is 2.35. The number of carbonyl (C=O) groups is 2. The lowest BCUT2D eigenvalue weighted by molar-refractivity contribution is -0.141. The number of aryl methyl sites for hydroxylation is 1. The van der Waals surface area contributed by atoms with Gasteiger partial charge in [-0.05, 0) is 19.8 Å². The Morgan fingerprint density at radius 3 is 2.65 bits per heavy atom. The number of carboxylic acid groups (broad SMARTS) is 1. The van der Waals surface area contributed by atoms with Gasteiger partial charge in [-0.2, -0.15) is 0 Å². The maximum absolute atomic E-state index is 12.6. The standard InChI is InChI=1S/C17H17N3O3/c1-11-13(16(21)20-9-5-8-14(20)17(22)23)10-18-15(19-11)12-6-3-2-4-7-12/h2-4,6-7,10,14H,5,8-9H2,1H3,(H,22,23). The summed E-state index contributed by atoms with van der Waals surface area (Å²) < 4.78 is 0.